The van der Waals surface area contributed by atoms with E-state index in [0.717, 1.165) is 10.2 Å². The van der Waals surface area contributed by atoms with Crippen LogP contribution < -0.4 is 4.74 Å². The van der Waals surface area contributed by atoms with Crippen molar-refractivity contribution in [1.82, 2.24) is 0 Å². The minimum absolute atomic E-state index is 0.397. The number of methoxy groups -OCH3 is 1. The third-order valence-electron chi connectivity index (χ3n) is 2.99. The molecule has 0 aromatic heterocycles. The molecule has 0 aliphatic heterocycles. The monoisotopic (exact) mass is 290 g/mol. The van der Waals surface area contributed by atoms with Crippen molar-refractivity contribution in [2.45, 2.75) is 12.8 Å². The molecule has 2 aromatic carbocycles. The van der Waals surface area contributed by atoms with Crippen LogP contribution in [0.15, 0.2) is 53.0 Å². The molecule has 17 heavy (non-hydrogen) atoms. The first-order valence-corrected chi connectivity index (χ1v) is 6.39. The molecule has 0 saturated carbocycles. The molecule has 1 unspecified atom stereocenters. The predicted octanol–water partition coefficient (Wildman–Crippen LogP) is 4.61. The van der Waals surface area contributed by atoms with Crippen LogP contribution in [0.4, 0.5) is 0 Å². The van der Waals surface area contributed by atoms with Gasteiger partial charge in [-0.3, -0.25) is 0 Å². The fourth-order valence-corrected chi connectivity index (χ4v) is 2.10. The van der Waals surface area contributed by atoms with E-state index in [2.05, 4.69) is 59.3 Å². The molecule has 2 heteroatoms. The zero-order valence-electron chi connectivity index (χ0n) is 9.98. The summed E-state index contributed by atoms with van der Waals surface area (Å²) in [6.45, 7) is 2.21. The van der Waals surface area contributed by atoms with Gasteiger partial charge in [-0.2, -0.15) is 0 Å². The van der Waals surface area contributed by atoms with Gasteiger partial charge < -0.3 is 4.74 Å². The van der Waals surface area contributed by atoms with Gasteiger partial charge in [-0.05, 0) is 35.4 Å². The average molecular weight is 291 g/mol. The van der Waals surface area contributed by atoms with Gasteiger partial charge in [0.2, 0.25) is 0 Å². The summed E-state index contributed by atoms with van der Waals surface area (Å²) in [5.74, 6) is 1.30. The van der Waals surface area contributed by atoms with Crippen LogP contribution in [0.25, 0.3) is 0 Å². The van der Waals surface area contributed by atoms with Crippen LogP contribution >= 0.6 is 15.9 Å². The molecule has 0 aliphatic rings. The van der Waals surface area contributed by atoms with Gasteiger partial charge >= 0.3 is 0 Å². The van der Waals surface area contributed by atoms with Gasteiger partial charge in [-0.1, -0.05) is 47.1 Å². The highest BCUT2D eigenvalue weighted by atomic mass is 79.9. The number of halogens is 1. The first-order chi connectivity index (χ1) is 8.20. The van der Waals surface area contributed by atoms with Gasteiger partial charge in [0.25, 0.3) is 0 Å². The topological polar surface area (TPSA) is 9.23 Å². The van der Waals surface area contributed by atoms with Crippen LogP contribution in [0.3, 0.4) is 0 Å². The van der Waals surface area contributed by atoms with Crippen molar-refractivity contribution in [3.05, 3.63) is 64.1 Å². The van der Waals surface area contributed by atoms with Crippen LogP contribution in [-0.4, -0.2) is 7.11 Å². The smallest absolute Gasteiger partial charge is 0.118 e. The lowest BCUT2D eigenvalue weighted by atomic mass is 9.93. The molecule has 0 amide bonds. The summed E-state index contributed by atoms with van der Waals surface area (Å²) in [6, 6.07) is 16.7. The summed E-state index contributed by atoms with van der Waals surface area (Å²) in [5, 5.41) is 0. The van der Waals surface area contributed by atoms with Crippen molar-refractivity contribution in [1.29, 1.82) is 0 Å². The number of ether oxygens (including phenoxy) is 1. The van der Waals surface area contributed by atoms with Gasteiger partial charge in [-0.25, -0.2) is 0 Å². The van der Waals surface area contributed by atoms with E-state index >= 15 is 0 Å². The molecule has 2 aromatic rings. The summed E-state index contributed by atoms with van der Waals surface area (Å²) >= 11 is 3.45. The van der Waals surface area contributed by atoms with Crippen molar-refractivity contribution < 1.29 is 4.74 Å². The van der Waals surface area contributed by atoms with E-state index in [4.69, 9.17) is 4.74 Å². The highest BCUT2D eigenvalue weighted by molar-refractivity contribution is 9.10. The largest absolute Gasteiger partial charge is 0.497 e. The van der Waals surface area contributed by atoms with Crippen molar-refractivity contribution in [3.63, 3.8) is 0 Å². The maximum atomic E-state index is 5.16. The van der Waals surface area contributed by atoms with Crippen molar-refractivity contribution in [2.75, 3.05) is 7.11 Å². The quantitative estimate of drug-likeness (QED) is 0.802. The highest BCUT2D eigenvalue weighted by Crippen LogP contribution is 2.26. The molecular weight excluding hydrogens is 276 g/mol. The fraction of sp³-hybridized carbons (Fsp3) is 0.200. The lowest BCUT2D eigenvalue weighted by Gasteiger charge is -2.13. The second-order valence-corrected chi connectivity index (χ2v) is 4.96. The lowest BCUT2D eigenvalue weighted by Crippen LogP contribution is -1.95. The minimum atomic E-state index is 0.397. The Bertz CT molecular complexity index is 473. The van der Waals surface area contributed by atoms with Crippen LogP contribution in [0.1, 0.15) is 24.0 Å². The van der Waals surface area contributed by atoms with Gasteiger partial charge in [0.15, 0.2) is 0 Å². The number of hydrogen-bond acceptors (Lipinski definition) is 1. The fourth-order valence-electron chi connectivity index (χ4n) is 1.84. The molecule has 0 radical (unpaired) electrons. The molecule has 0 spiro atoms. The molecule has 0 fully saturated rings. The maximum Gasteiger partial charge on any atom is 0.118 e. The van der Waals surface area contributed by atoms with Crippen molar-refractivity contribution in [2.24, 2.45) is 0 Å². The zero-order valence-corrected chi connectivity index (χ0v) is 11.6. The molecule has 0 aliphatic carbocycles. The van der Waals surface area contributed by atoms with E-state index in [1.165, 1.54) is 11.1 Å². The van der Waals surface area contributed by atoms with Crippen LogP contribution in [0, 0.1) is 0 Å². The van der Waals surface area contributed by atoms with E-state index in [-0.39, 0.29) is 0 Å². The average Bonchev–Trinajstić information content (AvgIpc) is 2.39. The second kappa shape index (κ2) is 5.37. The molecule has 88 valence electrons. The van der Waals surface area contributed by atoms with E-state index < -0.39 is 0 Å². The molecule has 0 saturated heterocycles. The van der Waals surface area contributed by atoms with Gasteiger partial charge in [-0.15, -0.1) is 0 Å². The predicted molar refractivity (Wildman–Crippen MR) is 74.7 cm³/mol. The number of benzene rings is 2. The SMILES string of the molecule is COc1ccc(C(C)c2ccc(Br)cc2)cc1. The molecule has 1 nitrogen and oxygen atoms in total. The first-order valence-electron chi connectivity index (χ1n) is 5.60. The summed E-state index contributed by atoms with van der Waals surface area (Å²) < 4.78 is 6.28. The Morgan fingerprint density at radius 1 is 0.882 bits per heavy atom. The Labute approximate surface area is 111 Å². The van der Waals surface area contributed by atoms with Crippen molar-refractivity contribution in [3.8, 4) is 5.75 Å². The molecule has 1 atom stereocenters. The summed E-state index contributed by atoms with van der Waals surface area (Å²) in [6.07, 6.45) is 0. The summed E-state index contributed by atoms with van der Waals surface area (Å²) in [4.78, 5) is 0. The van der Waals surface area contributed by atoms with Crippen LogP contribution in [0.5, 0.6) is 5.75 Å². The Morgan fingerprint density at radius 2 is 1.35 bits per heavy atom. The molecule has 0 heterocycles. The lowest BCUT2D eigenvalue weighted by molar-refractivity contribution is 0.414. The Kier molecular flexibility index (Phi) is 3.85. The third kappa shape index (κ3) is 2.89. The standard InChI is InChI=1S/C15H15BrO/c1-11(12-3-7-14(16)8-4-12)13-5-9-15(17-2)10-6-13/h3-11H,1-2H3. The third-order valence-corrected chi connectivity index (χ3v) is 3.51. The van der Waals surface area contributed by atoms with Gasteiger partial charge in [0.05, 0.1) is 7.11 Å². The van der Waals surface area contributed by atoms with E-state index in [9.17, 15) is 0 Å². The number of hydrogen-bond donors (Lipinski definition) is 0. The molecular formula is C15H15BrO. The molecule has 0 bridgehead atoms. The van der Waals surface area contributed by atoms with E-state index in [0.29, 0.717) is 5.92 Å². The molecule has 2 rings (SSSR count). The normalized spacial score (nSPS) is 12.2. The second-order valence-electron chi connectivity index (χ2n) is 4.05. The van der Waals surface area contributed by atoms with Gasteiger partial charge in [0, 0.05) is 10.4 Å². The Morgan fingerprint density at radius 3 is 1.82 bits per heavy atom. The Balaban J connectivity index is 2.23. The summed E-state index contributed by atoms with van der Waals surface area (Å²) in [5.41, 5.74) is 2.62. The van der Waals surface area contributed by atoms with Crippen LogP contribution in [0.2, 0.25) is 0 Å². The van der Waals surface area contributed by atoms with Gasteiger partial charge in [0.1, 0.15) is 5.75 Å². The minimum Gasteiger partial charge on any atom is -0.497 e. The zero-order chi connectivity index (χ0) is 12.3. The maximum absolute atomic E-state index is 5.16. The first kappa shape index (κ1) is 12.2. The van der Waals surface area contributed by atoms with Crippen LogP contribution in [-0.2, 0) is 0 Å². The van der Waals surface area contributed by atoms with Crippen molar-refractivity contribution >= 4 is 15.9 Å². The summed E-state index contributed by atoms with van der Waals surface area (Å²) in [7, 11) is 1.69. The van der Waals surface area contributed by atoms with E-state index in [1.54, 1.807) is 7.11 Å². The molecule has 0 N–H and O–H groups in total. The Hall–Kier alpha value is -1.28. The highest BCUT2D eigenvalue weighted by Gasteiger charge is 2.08. The van der Waals surface area contributed by atoms with E-state index in [1.807, 2.05) is 12.1 Å². The number of rotatable bonds is 3.